The van der Waals surface area contributed by atoms with Gasteiger partial charge in [0.15, 0.2) is 0 Å². The van der Waals surface area contributed by atoms with Crippen molar-refractivity contribution in [3.63, 3.8) is 0 Å². The van der Waals surface area contributed by atoms with Gasteiger partial charge >= 0.3 is 0 Å². The van der Waals surface area contributed by atoms with Crippen LogP contribution in [0.15, 0.2) is 40.9 Å². The fourth-order valence-corrected chi connectivity index (χ4v) is 2.57. The van der Waals surface area contributed by atoms with Crippen molar-refractivity contribution in [3.05, 3.63) is 68.9 Å². The standard InChI is InChI=1S/C17H16BrFO/c1-11-6-7-12(2)14(8-11)10-15(20)9-13-4-3-5-16(19)17(13)18/h3-8H,9-10H2,1-2H3. The molecule has 104 valence electrons. The second kappa shape index (κ2) is 6.31. The molecule has 0 spiro atoms. The minimum absolute atomic E-state index is 0.0880. The van der Waals surface area contributed by atoms with E-state index in [2.05, 4.69) is 15.9 Å². The molecule has 0 aliphatic rings. The minimum Gasteiger partial charge on any atom is -0.299 e. The van der Waals surface area contributed by atoms with Crippen molar-refractivity contribution in [2.24, 2.45) is 0 Å². The van der Waals surface area contributed by atoms with Crippen LogP contribution in [0.25, 0.3) is 0 Å². The first kappa shape index (κ1) is 14.9. The Labute approximate surface area is 127 Å². The van der Waals surface area contributed by atoms with Gasteiger partial charge in [0.25, 0.3) is 0 Å². The summed E-state index contributed by atoms with van der Waals surface area (Å²) in [6, 6.07) is 10.9. The summed E-state index contributed by atoms with van der Waals surface area (Å²) in [6.07, 6.45) is 0.627. The topological polar surface area (TPSA) is 17.1 Å². The molecule has 20 heavy (non-hydrogen) atoms. The zero-order chi connectivity index (χ0) is 14.7. The second-order valence-electron chi connectivity index (χ2n) is 5.04. The molecule has 0 aliphatic heterocycles. The van der Waals surface area contributed by atoms with Crippen LogP contribution in [0.1, 0.15) is 22.3 Å². The van der Waals surface area contributed by atoms with Crippen LogP contribution in [0, 0.1) is 19.7 Å². The number of benzene rings is 2. The molecule has 0 saturated heterocycles. The van der Waals surface area contributed by atoms with Gasteiger partial charge in [0, 0.05) is 12.8 Å². The Morgan fingerprint density at radius 1 is 1.10 bits per heavy atom. The van der Waals surface area contributed by atoms with Crippen LogP contribution in [-0.2, 0) is 17.6 Å². The molecule has 2 aromatic carbocycles. The van der Waals surface area contributed by atoms with Gasteiger partial charge in [0.1, 0.15) is 11.6 Å². The van der Waals surface area contributed by atoms with Crippen molar-refractivity contribution in [1.29, 1.82) is 0 Å². The highest BCUT2D eigenvalue weighted by Crippen LogP contribution is 2.21. The number of aryl methyl sites for hydroxylation is 2. The predicted molar refractivity (Wildman–Crippen MR) is 82.4 cm³/mol. The van der Waals surface area contributed by atoms with E-state index in [1.165, 1.54) is 6.07 Å². The molecule has 0 heterocycles. The summed E-state index contributed by atoms with van der Waals surface area (Å²) < 4.78 is 13.8. The number of Topliss-reactive ketones (excluding diaryl/α,β-unsaturated/α-hetero) is 1. The Kier molecular flexibility index (Phi) is 4.71. The number of ketones is 1. The van der Waals surface area contributed by atoms with Crippen LogP contribution in [0.4, 0.5) is 4.39 Å². The van der Waals surface area contributed by atoms with E-state index >= 15 is 0 Å². The maximum atomic E-state index is 13.4. The smallest absolute Gasteiger partial charge is 0.141 e. The molecule has 0 unspecified atom stereocenters. The van der Waals surface area contributed by atoms with Crippen LogP contribution in [0.2, 0.25) is 0 Å². The van der Waals surface area contributed by atoms with Gasteiger partial charge in [0.2, 0.25) is 0 Å². The van der Waals surface area contributed by atoms with Gasteiger partial charge < -0.3 is 0 Å². The largest absolute Gasteiger partial charge is 0.299 e. The zero-order valence-corrected chi connectivity index (χ0v) is 13.1. The number of rotatable bonds is 4. The SMILES string of the molecule is Cc1ccc(C)c(CC(=O)Cc2cccc(F)c2Br)c1. The molecule has 0 amide bonds. The lowest BCUT2D eigenvalue weighted by Gasteiger charge is -2.08. The highest BCUT2D eigenvalue weighted by atomic mass is 79.9. The van der Waals surface area contributed by atoms with Crippen molar-refractivity contribution in [2.45, 2.75) is 26.7 Å². The van der Waals surface area contributed by atoms with Crippen molar-refractivity contribution in [2.75, 3.05) is 0 Å². The third kappa shape index (κ3) is 3.54. The molecule has 0 aliphatic carbocycles. The number of hydrogen-bond acceptors (Lipinski definition) is 1. The van der Waals surface area contributed by atoms with Crippen molar-refractivity contribution in [1.82, 2.24) is 0 Å². The van der Waals surface area contributed by atoms with Crippen LogP contribution >= 0.6 is 15.9 Å². The average Bonchev–Trinajstić information content (AvgIpc) is 2.39. The Bertz CT molecular complexity index is 643. The molecular formula is C17H16BrFO. The molecule has 0 atom stereocenters. The summed E-state index contributed by atoms with van der Waals surface area (Å²) in [7, 11) is 0. The molecule has 0 bridgehead atoms. The number of carbonyl (C=O) groups is 1. The molecule has 2 aromatic rings. The van der Waals surface area contributed by atoms with E-state index in [1.807, 2.05) is 32.0 Å². The first-order chi connectivity index (χ1) is 9.47. The molecule has 0 aromatic heterocycles. The quantitative estimate of drug-likeness (QED) is 0.801. The molecule has 3 heteroatoms. The number of hydrogen-bond donors (Lipinski definition) is 0. The first-order valence-electron chi connectivity index (χ1n) is 6.48. The lowest BCUT2D eigenvalue weighted by Crippen LogP contribution is -2.08. The van der Waals surface area contributed by atoms with E-state index in [4.69, 9.17) is 0 Å². The van der Waals surface area contributed by atoms with E-state index in [-0.39, 0.29) is 18.0 Å². The highest BCUT2D eigenvalue weighted by Gasteiger charge is 2.11. The van der Waals surface area contributed by atoms with Gasteiger partial charge in [-0.3, -0.25) is 4.79 Å². The van der Waals surface area contributed by atoms with E-state index < -0.39 is 0 Å². The highest BCUT2D eigenvalue weighted by molar-refractivity contribution is 9.10. The van der Waals surface area contributed by atoms with E-state index in [1.54, 1.807) is 12.1 Å². The van der Waals surface area contributed by atoms with Gasteiger partial charge in [-0.1, -0.05) is 35.9 Å². The third-order valence-corrected chi connectivity index (χ3v) is 4.20. The Balaban J connectivity index is 2.13. The summed E-state index contributed by atoms with van der Waals surface area (Å²) in [4.78, 5) is 12.2. The van der Waals surface area contributed by atoms with E-state index in [0.717, 1.165) is 16.7 Å². The molecule has 0 fully saturated rings. The van der Waals surface area contributed by atoms with E-state index in [0.29, 0.717) is 16.5 Å². The normalized spacial score (nSPS) is 10.6. The van der Waals surface area contributed by atoms with Crippen LogP contribution in [0.5, 0.6) is 0 Å². The molecule has 0 saturated carbocycles. The van der Waals surface area contributed by atoms with E-state index in [9.17, 15) is 9.18 Å². The zero-order valence-electron chi connectivity index (χ0n) is 11.5. The fraction of sp³-hybridized carbons (Fsp3) is 0.235. The van der Waals surface area contributed by atoms with Crippen LogP contribution < -0.4 is 0 Å². The van der Waals surface area contributed by atoms with Crippen molar-refractivity contribution in [3.8, 4) is 0 Å². The molecule has 0 N–H and O–H groups in total. The maximum absolute atomic E-state index is 13.4. The lowest BCUT2D eigenvalue weighted by molar-refractivity contribution is -0.117. The van der Waals surface area contributed by atoms with Crippen LogP contribution in [0.3, 0.4) is 0 Å². The van der Waals surface area contributed by atoms with Gasteiger partial charge in [-0.05, 0) is 52.5 Å². The van der Waals surface area contributed by atoms with Crippen molar-refractivity contribution < 1.29 is 9.18 Å². The summed E-state index contributed by atoms with van der Waals surface area (Å²) in [6.45, 7) is 4.01. The fourth-order valence-electron chi connectivity index (χ4n) is 2.16. The second-order valence-corrected chi connectivity index (χ2v) is 5.83. The lowest BCUT2D eigenvalue weighted by atomic mass is 9.98. The maximum Gasteiger partial charge on any atom is 0.141 e. The summed E-state index contributed by atoms with van der Waals surface area (Å²) >= 11 is 3.19. The van der Waals surface area contributed by atoms with Crippen LogP contribution in [-0.4, -0.2) is 5.78 Å². The molecule has 0 radical (unpaired) electrons. The first-order valence-corrected chi connectivity index (χ1v) is 7.27. The van der Waals surface area contributed by atoms with Gasteiger partial charge in [0.05, 0.1) is 4.47 Å². The number of carbonyl (C=O) groups excluding carboxylic acids is 1. The molecule has 2 rings (SSSR count). The Hall–Kier alpha value is -1.48. The van der Waals surface area contributed by atoms with Gasteiger partial charge in [-0.25, -0.2) is 4.39 Å². The predicted octanol–water partition coefficient (Wildman–Crippen LogP) is 4.56. The molecule has 1 nitrogen and oxygen atoms in total. The van der Waals surface area contributed by atoms with Crippen molar-refractivity contribution >= 4 is 21.7 Å². The minimum atomic E-state index is -0.331. The summed E-state index contributed by atoms with van der Waals surface area (Å²) in [5.74, 6) is -0.243. The molecular weight excluding hydrogens is 319 g/mol. The summed E-state index contributed by atoms with van der Waals surface area (Å²) in [5.41, 5.74) is 4.00. The third-order valence-electron chi connectivity index (χ3n) is 3.31. The Morgan fingerprint density at radius 2 is 1.80 bits per heavy atom. The Morgan fingerprint density at radius 3 is 2.55 bits per heavy atom. The van der Waals surface area contributed by atoms with Gasteiger partial charge in [-0.2, -0.15) is 0 Å². The summed E-state index contributed by atoms with van der Waals surface area (Å²) in [5, 5.41) is 0. The monoisotopic (exact) mass is 334 g/mol. The number of halogens is 2. The van der Waals surface area contributed by atoms with Gasteiger partial charge in [-0.15, -0.1) is 0 Å². The average molecular weight is 335 g/mol.